The van der Waals surface area contributed by atoms with Crippen LogP contribution < -0.4 is 0 Å². The quantitative estimate of drug-likeness (QED) is 0.0261. The smallest absolute Gasteiger partial charge is 0.306 e. The minimum Gasteiger partial charge on any atom is -0.462 e. The van der Waals surface area contributed by atoms with Crippen molar-refractivity contribution in [2.75, 3.05) is 13.2 Å². The van der Waals surface area contributed by atoms with Crippen molar-refractivity contribution in [1.82, 2.24) is 0 Å². The number of hydrogen-bond donors (Lipinski definition) is 0. The molecule has 0 saturated carbocycles. The van der Waals surface area contributed by atoms with Gasteiger partial charge >= 0.3 is 17.9 Å². The van der Waals surface area contributed by atoms with Crippen LogP contribution in [0.1, 0.15) is 284 Å². The summed E-state index contributed by atoms with van der Waals surface area (Å²) >= 11 is 0. The topological polar surface area (TPSA) is 78.9 Å². The first-order valence-electron chi connectivity index (χ1n) is 30.2. The van der Waals surface area contributed by atoms with Crippen molar-refractivity contribution in [1.29, 1.82) is 0 Å². The fourth-order valence-corrected chi connectivity index (χ4v) is 8.31. The molecule has 6 heteroatoms. The second-order valence-corrected chi connectivity index (χ2v) is 19.9. The van der Waals surface area contributed by atoms with Crippen molar-refractivity contribution in [3.05, 3.63) is 97.2 Å². The molecule has 412 valence electrons. The van der Waals surface area contributed by atoms with Gasteiger partial charge in [0.15, 0.2) is 6.10 Å². The fourth-order valence-electron chi connectivity index (χ4n) is 8.31. The van der Waals surface area contributed by atoms with Crippen molar-refractivity contribution in [2.45, 2.75) is 290 Å². The van der Waals surface area contributed by atoms with Gasteiger partial charge in [-0.2, -0.15) is 0 Å². The maximum absolute atomic E-state index is 12.8. The summed E-state index contributed by atoms with van der Waals surface area (Å²) in [6.45, 7) is 6.46. The molecule has 6 nitrogen and oxygen atoms in total. The van der Waals surface area contributed by atoms with E-state index in [0.29, 0.717) is 19.3 Å². The molecule has 0 bridgehead atoms. The number of hydrogen-bond acceptors (Lipinski definition) is 6. The Kier molecular flexibility index (Phi) is 56.8. The van der Waals surface area contributed by atoms with Crippen molar-refractivity contribution < 1.29 is 28.6 Å². The number of ether oxygens (including phenoxy) is 3. The first-order valence-corrected chi connectivity index (χ1v) is 30.2. The van der Waals surface area contributed by atoms with Gasteiger partial charge in [0.1, 0.15) is 13.2 Å². The molecule has 0 N–H and O–H groups in total. The average Bonchev–Trinajstić information content (AvgIpc) is 3.38. The molecule has 0 rings (SSSR count). The molecule has 0 heterocycles. The molecule has 1 atom stereocenters. The number of rotatable bonds is 54. The molecule has 0 aromatic rings. The standard InChI is InChI=1S/C66H112O6/c1-4-7-10-13-16-19-22-24-26-28-29-30-31-32-33-34-35-36-37-39-40-42-44-47-50-53-56-59-65(68)71-62-63(61-70-64(67)58-55-52-49-46-21-18-15-12-9-6-3)72-66(69)60-57-54-51-48-45-43-41-38-27-25-23-20-17-14-11-8-5-2/h8,11,17,20,22,24-25,27-29,31-32,41,43,48,51,63H,4-7,9-10,12-16,18-19,21,23,26,30,33-40,42,44-47,49-50,52-62H2,1-3H3/b11-8-,20-17-,24-22-,27-25-,29-28-,32-31-,43-41-,51-48-. The molecule has 0 aliphatic heterocycles. The van der Waals surface area contributed by atoms with Crippen molar-refractivity contribution in [2.24, 2.45) is 0 Å². The fraction of sp³-hybridized carbons (Fsp3) is 0.712. The van der Waals surface area contributed by atoms with E-state index in [9.17, 15) is 14.4 Å². The van der Waals surface area contributed by atoms with Crippen molar-refractivity contribution in [3.8, 4) is 0 Å². The highest BCUT2D eigenvalue weighted by Crippen LogP contribution is 2.15. The van der Waals surface area contributed by atoms with E-state index >= 15 is 0 Å². The Morgan fingerprint density at radius 2 is 0.556 bits per heavy atom. The van der Waals surface area contributed by atoms with Crippen LogP contribution in [0, 0.1) is 0 Å². The van der Waals surface area contributed by atoms with E-state index < -0.39 is 6.10 Å². The lowest BCUT2D eigenvalue weighted by Crippen LogP contribution is -2.30. The zero-order valence-electron chi connectivity index (χ0n) is 47.2. The molecule has 0 radical (unpaired) electrons. The van der Waals surface area contributed by atoms with Gasteiger partial charge in [-0.25, -0.2) is 0 Å². The van der Waals surface area contributed by atoms with Gasteiger partial charge in [0.2, 0.25) is 0 Å². The normalized spacial score (nSPS) is 12.8. The Bertz CT molecular complexity index is 1430. The third kappa shape index (κ3) is 57.2. The maximum Gasteiger partial charge on any atom is 0.306 e. The van der Waals surface area contributed by atoms with Gasteiger partial charge in [-0.1, -0.05) is 266 Å². The van der Waals surface area contributed by atoms with Gasteiger partial charge in [0.25, 0.3) is 0 Å². The van der Waals surface area contributed by atoms with Gasteiger partial charge in [0.05, 0.1) is 0 Å². The molecule has 1 unspecified atom stereocenters. The minimum atomic E-state index is -0.807. The summed E-state index contributed by atoms with van der Waals surface area (Å²) in [4.78, 5) is 38.1. The Balaban J connectivity index is 4.29. The zero-order chi connectivity index (χ0) is 52.2. The van der Waals surface area contributed by atoms with Crippen LogP contribution >= 0.6 is 0 Å². The summed E-state index contributed by atoms with van der Waals surface area (Å²) in [5.74, 6) is -0.957. The summed E-state index contributed by atoms with van der Waals surface area (Å²) in [6, 6.07) is 0. The molecular formula is C66H112O6. The van der Waals surface area contributed by atoms with E-state index in [4.69, 9.17) is 14.2 Å². The molecule has 0 aliphatic carbocycles. The van der Waals surface area contributed by atoms with Crippen LogP contribution in [0.2, 0.25) is 0 Å². The largest absolute Gasteiger partial charge is 0.462 e. The molecular weight excluding hydrogens is 889 g/mol. The Labute approximate surface area is 445 Å². The third-order valence-electron chi connectivity index (χ3n) is 12.8. The number of allylic oxidation sites excluding steroid dienone is 16. The predicted octanol–water partition coefficient (Wildman–Crippen LogP) is 20.5. The van der Waals surface area contributed by atoms with Crippen LogP contribution in [0.25, 0.3) is 0 Å². The predicted molar refractivity (Wildman–Crippen MR) is 311 cm³/mol. The van der Waals surface area contributed by atoms with Gasteiger partial charge in [0, 0.05) is 19.3 Å². The van der Waals surface area contributed by atoms with Crippen LogP contribution in [-0.4, -0.2) is 37.2 Å². The molecule has 0 aromatic carbocycles. The second kappa shape index (κ2) is 59.9. The first kappa shape index (κ1) is 68.3. The summed E-state index contributed by atoms with van der Waals surface area (Å²) < 4.78 is 16.8. The van der Waals surface area contributed by atoms with Crippen molar-refractivity contribution in [3.63, 3.8) is 0 Å². The van der Waals surface area contributed by atoms with E-state index in [1.807, 2.05) is 0 Å². The molecule has 0 aromatic heterocycles. The molecule has 0 saturated heterocycles. The number of carbonyl (C=O) groups is 3. The van der Waals surface area contributed by atoms with Gasteiger partial charge < -0.3 is 14.2 Å². The number of esters is 3. The summed E-state index contributed by atoms with van der Waals surface area (Å²) in [7, 11) is 0. The van der Waals surface area contributed by atoms with E-state index in [2.05, 4.69) is 118 Å². The second-order valence-electron chi connectivity index (χ2n) is 19.9. The minimum absolute atomic E-state index is 0.0989. The molecule has 0 fully saturated rings. The third-order valence-corrected chi connectivity index (χ3v) is 12.8. The van der Waals surface area contributed by atoms with E-state index in [1.54, 1.807) is 0 Å². The monoisotopic (exact) mass is 1000 g/mol. The maximum atomic E-state index is 12.8. The van der Waals surface area contributed by atoms with E-state index in [1.165, 1.54) is 148 Å². The highest BCUT2D eigenvalue weighted by molar-refractivity contribution is 5.71. The van der Waals surface area contributed by atoms with E-state index in [-0.39, 0.29) is 37.5 Å². The van der Waals surface area contributed by atoms with Crippen LogP contribution in [-0.2, 0) is 28.6 Å². The number of carbonyl (C=O) groups excluding carboxylic acids is 3. The Morgan fingerprint density at radius 1 is 0.292 bits per heavy atom. The van der Waals surface area contributed by atoms with E-state index in [0.717, 1.165) is 89.9 Å². The lowest BCUT2D eigenvalue weighted by atomic mass is 10.0. The highest BCUT2D eigenvalue weighted by Gasteiger charge is 2.19. The summed E-state index contributed by atoms with van der Waals surface area (Å²) in [5, 5.41) is 0. The SMILES string of the molecule is CC/C=C\C/C=C\C/C=C\C/C=C\C/C=C\CCCC(=O)OC(COC(=O)CCCCCCCCCCCC)COC(=O)CCCCCCCCCCCCCC/C=C\C/C=C\C/C=C\CCCCCCC. The Morgan fingerprint density at radius 3 is 0.889 bits per heavy atom. The molecule has 0 aliphatic rings. The molecule has 0 amide bonds. The summed E-state index contributed by atoms with van der Waals surface area (Å²) in [6.07, 6.45) is 79.9. The van der Waals surface area contributed by atoms with Crippen LogP contribution in [0.15, 0.2) is 97.2 Å². The lowest BCUT2D eigenvalue weighted by molar-refractivity contribution is -0.167. The van der Waals surface area contributed by atoms with Crippen LogP contribution in [0.3, 0.4) is 0 Å². The summed E-state index contributed by atoms with van der Waals surface area (Å²) in [5.41, 5.74) is 0. The van der Waals surface area contributed by atoms with Crippen molar-refractivity contribution >= 4 is 17.9 Å². The van der Waals surface area contributed by atoms with Crippen LogP contribution in [0.5, 0.6) is 0 Å². The first-order chi connectivity index (χ1) is 35.5. The highest BCUT2D eigenvalue weighted by atomic mass is 16.6. The van der Waals surface area contributed by atoms with Gasteiger partial charge in [-0.05, 0) is 96.3 Å². The van der Waals surface area contributed by atoms with Gasteiger partial charge in [-0.15, -0.1) is 0 Å². The van der Waals surface area contributed by atoms with Gasteiger partial charge in [-0.3, -0.25) is 14.4 Å². The lowest BCUT2D eigenvalue weighted by Gasteiger charge is -2.18. The zero-order valence-corrected chi connectivity index (χ0v) is 47.2. The molecule has 72 heavy (non-hydrogen) atoms. The van der Waals surface area contributed by atoms with Crippen LogP contribution in [0.4, 0.5) is 0 Å². The number of unbranched alkanes of at least 4 members (excludes halogenated alkanes) is 27. The molecule has 0 spiro atoms. The average molecular weight is 1000 g/mol. The Hall–Kier alpha value is -3.67.